The van der Waals surface area contributed by atoms with Gasteiger partial charge >= 0.3 is 0 Å². The van der Waals surface area contributed by atoms with Gasteiger partial charge in [-0.3, -0.25) is 4.79 Å². The van der Waals surface area contributed by atoms with Gasteiger partial charge in [-0.15, -0.1) is 0 Å². The Kier molecular flexibility index (Phi) is 5.74. The highest BCUT2D eigenvalue weighted by Crippen LogP contribution is 2.17. The molecule has 0 unspecified atom stereocenters. The van der Waals surface area contributed by atoms with Crippen LogP contribution in [-0.4, -0.2) is 16.4 Å². The summed E-state index contributed by atoms with van der Waals surface area (Å²) in [7, 11) is 0. The maximum Gasteiger partial charge on any atom is 0.281 e. The molecular weight excluding hydrogens is 270 g/mol. The Hall–Kier alpha value is -1.36. The molecular formula is C15H23N3OS. The molecule has 0 aromatic heterocycles. The van der Waals surface area contributed by atoms with Crippen LogP contribution in [0.3, 0.4) is 0 Å². The number of nitrogens with one attached hydrogen (secondary N) is 1. The Morgan fingerprint density at radius 2 is 1.70 bits per heavy atom. The summed E-state index contributed by atoms with van der Waals surface area (Å²) in [5.41, 5.74) is 0.203. The van der Waals surface area contributed by atoms with Crippen LogP contribution in [0.2, 0.25) is 0 Å². The molecule has 110 valence electrons. The van der Waals surface area contributed by atoms with Crippen molar-refractivity contribution in [2.45, 2.75) is 51.6 Å². The number of rotatable bonds is 4. The van der Waals surface area contributed by atoms with E-state index in [0.29, 0.717) is 5.75 Å². The fraction of sp³-hybridized carbons (Fsp3) is 0.533. The van der Waals surface area contributed by atoms with E-state index in [1.54, 1.807) is 0 Å². The topological polar surface area (TPSA) is 53.8 Å². The van der Waals surface area contributed by atoms with Crippen molar-refractivity contribution in [3.05, 3.63) is 35.9 Å². The zero-order valence-corrected chi connectivity index (χ0v) is 13.6. The number of nitrogens with zero attached hydrogens (tertiary/aromatic N) is 2. The second kappa shape index (κ2) is 6.88. The lowest BCUT2D eigenvalue weighted by Gasteiger charge is -2.22. The van der Waals surface area contributed by atoms with Crippen molar-refractivity contribution in [3.8, 4) is 0 Å². The summed E-state index contributed by atoms with van der Waals surface area (Å²) in [6.07, 6.45) is 0. The summed E-state index contributed by atoms with van der Waals surface area (Å²) < 4.78 is 0. The first-order valence-electron chi connectivity index (χ1n) is 6.61. The minimum absolute atomic E-state index is 0.0910. The molecule has 0 fully saturated rings. The quantitative estimate of drug-likeness (QED) is 0.824. The van der Waals surface area contributed by atoms with Gasteiger partial charge in [-0.25, -0.2) is 0 Å². The molecule has 0 aliphatic heterocycles. The molecule has 0 aliphatic carbocycles. The van der Waals surface area contributed by atoms with Crippen LogP contribution in [-0.2, 0) is 5.75 Å². The van der Waals surface area contributed by atoms with Gasteiger partial charge in [0, 0.05) is 5.75 Å². The van der Waals surface area contributed by atoms with Gasteiger partial charge in [0.2, 0.25) is 0 Å². The number of carbonyl (C=O) groups excluding carboxylic acids is 1. The minimum atomic E-state index is -0.686. The lowest BCUT2D eigenvalue weighted by molar-refractivity contribution is 0.250. The molecule has 20 heavy (non-hydrogen) atoms. The monoisotopic (exact) mass is 293 g/mol. The normalized spacial score (nSPS) is 12.7. The predicted molar refractivity (Wildman–Crippen MR) is 85.0 cm³/mol. The van der Waals surface area contributed by atoms with Crippen molar-refractivity contribution in [1.82, 2.24) is 5.32 Å². The number of carbonyl (C=O) groups is 1. The van der Waals surface area contributed by atoms with Crippen LogP contribution in [0.1, 0.15) is 40.2 Å². The maximum atomic E-state index is 11.9. The van der Waals surface area contributed by atoms with E-state index in [1.807, 2.05) is 65.0 Å². The fourth-order valence-electron chi connectivity index (χ4n) is 1.31. The number of thioether (sulfide) groups is 1. The fourth-order valence-corrected chi connectivity index (χ4v) is 2.12. The van der Waals surface area contributed by atoms with Crippen LogP contribution >= 0.6 is 11.8 Å². The number of hydrogen-bond acceptors (Lipinski definition) is 4. The van der Waals surface area contributed by atoms with Crippen LogP contribution in [0.15, 0.2) is 40.6 Å². The van der Waals surface area contributed by atoms with Crippen LogP contribution in [0.4, 0.5) is 4.79 Å². The molecule has 0 heterocycles. The van der Waals surface area contributed by atoms with Gasteiger partial charge in [0.15, 0.2) is 0 Å². The van der Waals surface area contributed by atoms with Crippen molar-refractivity contribution >= 4 is 17.0 Å². The minimum Gasteiger partial charge on any atom is -0.321 e. The van der Waals surface area contributed by atoms with Crippen LogP contribution in [0.25, 0.3) is 0 Å². The van der Waals surface area contributed by atoms with Gasteiger partial charge in [0.1, 0.15) is 5.66 Å². The van der Waals surface area contributed by atoms with Crippen molar-refractivity contribution in [3.63, 3.8) is 0 Å². The van der Waals surface area contributed by atoms with Crippen LogP contribution in [0.5, 0.6) is 0 Å². The van der Waals surface area contributed by atoms with Crippen LogP contribution < -0.4 is 5.32 Å². The Morgan fingerprint density at radius 3 is 2.25 bits per heavy atom. The van der Waals surface area contributed by atoms with Gasteiger partial charge in [-0.2, -0.15) is 10.2 Å². The molecule has 0 atom stereocenters. The molecule has 0 saturated heterocycles. The van der Waals surface area contributed by atoms with Gasteiger partial charge in [-0.05, 0) is 40.2 Å². The van der Waals surface area contributed by atoms with Crippen LogP contribution in [0, 0.1) is 0 Å². The second-order valence-corrected chi connectivity index (χ2v) is 7.06. The van der Waals surface area contributed by atoms with E-state index in [-0.39, 0.29) is 10.8 Å². The first-order chi connectivity index (χ1) is 9.18. The molecule has 0 saturated carbocycles. The Bertz CT molecular complexity index is 464. The van der Waals surface area contributed by atoms with E-state index in [0.717, 1.165) is 5.56 Å². The van der Waals surface area contributed by atoms with Gasteiger partial charge in [0.05, 0.1) is 5.54 Å². The Balaban J connectivity index is 2.47. The standard InChI is InChI=1S/C15H23N3OS/c1-14(2,3)17-18-15(4,5)16-13(19)20-11-12-9-7-6-8-10-12/h6-10H,11H2,1-5H3,(H,16,19). The summed E-state index contributed by atoms with van der Waals surface area (Å²) in [5.74, 6) is 0.652. The molecule has 5 heteroatoms. The van der Waals surface area contributed by atoms with Gasteiger partial charge in [0.25, 0.3) is 5.24 Å². The Morgan fingerprint density at radius 1 is 1.10 bits per heavy atom. The summed E-state index contributed by atoms with van der Waals surface area (Å²) in [4.78, 5) is 11.9. The molecule has 4 nitrogen and oxygen atoms in total. The van der Waals surface area contributed by atoms with Crippen molar-refractivity contribution in [1.29, 1.82) is 0 Å². The van der Waals surface area contributed by atoms with E-state index in [1.165, 1.54) is 11.8 Å². The molecule has 0 aliphatic rings. The number of benzene rings is 1. The SMILES string of the molecule is CC(C)(C)N=NC(C)(C)NC(=O)SCc1ccccc1. The first kappa shape index (κ1) is 16.7. The summed E-state index contributed by atoms with van der Waals surface area (Å²) in [6.45, 7) is 9.59. The van der Waals surface area contributed by atoms with Crippen molar-refractivity contribution < 1.29 is 4.79 Å². The zero-order chi connectivity index (χ0) is 15.2. The lowest BCUT2D eigenvalue weighted by Crippen LogP contribution is -2.39. The first-order valence-corrected chi connectivity index (χ1v) is 7.59. The molecule has 1 N–H and O–H groups in total. The third-order valence-electron chi connectivity index (χ3n) is 2.22. The highest BCUT2D eigenvalue weighted by atomic mass is 32.2. The van der Waals surface area contributed by atoms with Gasteiger partial charge in [-0.1, -0.05) is 42.1 Å². The third kappa shape index (κ3) is 7.28. The predicted octanol–water partition coefficient (Wildman–Crippen LogP) is 4.62. The average molecular weight is 293 g/mol. The summed E-state index contributed by atoms with van der Waals surface area (Å²) in [6, 6.07) is 9.91. The number of azo groups is 1. The smallest absolute Gasteiger partial charge is 0.281 e. The highest BCUT2D eigenvalue weighted by molar-refractivity contribution is 8.12. The average Bonchev–Trinajstić information content (AvgIpc) is 2.34. The molecule has 0 spiro atoms. The summed E-state index contributed by atoms with van der Waals surface area (Å²) >= 11 is 1.24. The summed E-state index contributed by atoms with van der Waals surface area (Å²) in [5, 5.41) is 11.2. The second-order valence-electron chi connectivity index (χ2n) is 6.12. The number of amides is 1. The van der Waals surface area contributed by atoms with Crippen molar-refractivity contribution in [2.75, 3.05) is 0 Å². The zero-order valence-electron chi connectivity index (χ0n) is 12.8. The Labute approximate surface area is 125 Å². The van der Waals surface area contributed by atoms with E-state index in [4.69, 9.17) is 0 Å². The largest absolute Gasteiger partial charge is 0.321 e. The highest BCUT2D eigenvalue weighted by Gasteiger charge is 2.21. The van der Waals surface area contributed by atoms with E-state index in [9.17, 15) is 4.79 Å². The lowest BCUT2D eigenvalue weighted by atomic mass is 10.1. The van der Waals surface area contributed by atoms with Gasteiger partial charge < -0.3 is 5.32 Å². The molecule has 1 amide bonds. The molecule has 1 aromatic rings. The molecule has 1 rings (SSSR count). The molecule has 1 aromatic carbocycles. The molecule has 0 bridgehead atoms. The molecule has 0 radical (unpaired) electrons. The van der Waals surface area contributed by atoms with Crippen molar-refractivity contribution in [2.24, 2.45) is 10.2 Å². The maximum absolute atomic E-state index is 11.9. The van der Waals surface area contributed by atoms with E-state index in [2.05, 4.69) is 15.5 Å². The van der Waals surface area contributed by atoms with E-state index < -0.39 is 5.66 Å². The van der Waals surface area contributed by atoms with E-state index >= 15 is 0 Å². The third-order valence-corrected chi connectivity index (χ3v) is 3.06. The number of hydrogen-bond donors (Lipinski definition) is 1.